The van der Waals surface area contributed by atoms with Crippen molar-refractivity contribution in [3.63, 3.8) is 0 Å². The number of methoxy groups -OCH3 is 1. The number of aliphatic hydroxyl groups is 1. The highest BCUT2D eigenvalue weighted by atomic mass is 16.5. The number of aryl methyl sites for hydroxylation is 1. The van der Waals surface area contributed by atoms with Crippen molar-refractivity contribution >= 4 is 27.4 Å². The van der Waals surface area contributed by atoms with Crippen LogP contribution >= 0.6 is 0 Å². The van der Waals surface area contributed by atoms with Gasteiger partial charge < -0.3 is 15.2 Å². The summed E-state index contributed by atoms with van der Waals surface area (Å²) in [5, 5.41) is 16.8. The van der Waals surface area contributed by atoms with Gasteiger partial charge in [0.1, 0.15) is 11.3 Å². The summed E-state index contributed by atoms with van der Waals surface area (Å²) in [6.07, 6.45) is 0.612. The van der Waals surface area contributed by atoms with Crippen molar-refractivity contribution in [3.05, 3.63) is 78.0 Å². The number of rotatable bonds is 6. The second-order valence-corrected chi connectivity index (χ2v) is 6.95. The maximum Gasteiger partial charge on any atom is 0.145 e. The molecule has 4 aromatic rings. The van der Waals surface area contributed by atoms with Gasteiger partial charge in [0.2, 0.25) is 0 Å². The molecule has 0 unspecified atom stereocenters. The Kier molecular flexibility index (Phi) is 5.13. The molecular weight excluding hydrogens is 348 g/mol. The first-order chi connectivity index (χ1) is 13.7. The fraction of sp³-hybridized carbons (Fsp3) is 0.208. The molecule has 1 aromatic heterocycles. The molecule has 4 nitrogen and oxygen atoms in total. The first kappa shape index (κ1) is 18.3. The number of ether oxygens (including phenoxy) is 1. The maximum atomic E-state index is 9.73. The predicted octanol–water partition coefficient (Wildman–Crippen LogP) is 5.24. The molecule has 0 fully saturated rings. The largest absolute Gasteiger partial charge is 0.494 e. The van der Waals surface area contributed by atoms with E-state index in [4.69, 9.17) is 4.74 Å². The average Bonchev–Trinajstić information content (AvgIpc) is 2.72. The summed E-state index contributed by atoms with van der Waals surface area (Å²) in [6, 6.07) is 22.7. The van der Waals surface area contributed by atoms with Crippen LogP contribution in [0.25, 0.3) is 21.7 Å². The lowest BCUT2D eigenvalue weighted by molar-refractivity contribution is 0.280. The van der Waals surface area contributed by atoms with E-state index in [0.717, 1.165) is 28.0 Å². The molecule has 0 radical (unpaired) electrons. The molecular formula is C24H24N2O2. The number of anilines is 1. The van der Waals surface area contributed by atoms with Crippen LogP contribution in [0.2, 0.25) is 0 Å². The van der Waals surface area contributed by atoms with Gasteiger partial charge in [-0.25, -0.2) is 4.98 Å². The smallest absolute Gasteiger partial charge is 0.145 e. The number of aliphatic hydroxyl groups excluding tert-OH is 1. The second-order valence-electron chi connectivity index (χ2n) is 6.95. The lowest BCUT2D eigenvalue weighted by Gasteiger charge is -2.23. The van der Waals surface area contributed by atoms with Crippen LogP contribution in [0, 0.1) is 6.92 Å². The third-order valence-corrected chi connectivity index (χ3v) is 5.10. The quantitative estimate of drug-likeness (QED) is 0.486. The standard InChI is InChI=1S/C24H24N2O2/c1-16-15-22(20-11-6-12-23(28-2)24(20)25-16)26-21(13-14-27)19-10-5-8-17-7-3-4-9-18(17)19/h3-12,15,21,27H,13-14H2,1-2H3,(H,25,26)/t21-/m0/s1. The highest BCUT2D eigenvalue weighted by molar-refractivity contribution is 5.95. The zero-order valence-corrected chi connectivity index (χ0v) is 16.1. The van der Waals surface area contributed by atoms with E-state index in [0.29, 0.717) is 6.42 Å². The van der Waals surface area contributed by atoms with Crippen LogP contribution in [0.4, 0.5) is 5.69 Å². The summed E-state index contributed by atoms with van der Waals surface area (Å²) in [4.78, 5) is 4.67. The average molecular weight is 372 g/mol. The Hall–Kier alpha value is -3.11. The van der Waals surface area contributed by atoms with E-state index < -0.39 is 0 Å². The number of hydrogen-bond acceptors (Lipinski definition) is 4. The Morgan fingerprint density at radius 3 is 2.57 bits per heavy atom. The van der Waals surface area contributed by atoms with Gasteiger partial charge in [0.05, 0.1) is 13.2 Å². The van der Waals surface area contributed by atoms with Crippen LogP contribution in [-0.4, -0.2) is 23.8 Å². The van der Waals surface area contributed by atoms with Gasteiger partial charge in [-0.2, -0.15) is 0 Å². The summed E-state index contributed by atoms with van der Waals surface area (Å²) < 4.78 is 5.50. The molecule has 0 aliphatic rings. The van der Waals surface area contributed by atoms with Gasteiger partial charge in [0.25, 0.3) is 0 Å². The van der Waals surface area contributed by atoms with E-state index in [1.807, 2.05) is 31.2 Å². The van der Waals surface area contributed by atoms with Crippen molar-refractivity contribution in [1.29, 1.82) is 0 Å². The molecule has 0 aliphatic heterocycles. The molecule has 3 aromatic carbocycles. The molecule has 1 atom stereocenters. The monoisotopic (exact) mass is 372 g/mol. The normalized spacial score (nSPS) is 12.2. The highest BCUT2D eigenvalue weighted by Gasteiger charge is 2.16. The minimum Gasteiger partial charge on any atom is -0.494 e. The Morgan fingerprint density at radius 1 is 1.00 bits per heavy atom. The van der Waals surface area contributed by atoms with Crippen LogP contribution in [-0.2, 0) is 0 Å². The minimum absolute atomic E-state index is 0.0210. The summed E-state index contributed by atoms with van der Waals surface area (Å²) in [5.41, 5.74) is 3.93. The molecule has 4 rings (SSSR count). The second kappa shape index (κ2) is 7.87. The minimum atomic E-state index is -0.0210. The number of fused-ring (bicyclic) bond motifs is 2. The van der Waals surface area contributed by atoms with E-state index in [1.165, 1.54) is 16.3 Å². The number of pyridine rings is 1. The van der Waals surface area contributed by atoms with Gasteiger partial charge in [-0.1, -0.05) is 54.6 Å². The van der Waals surface area contributed by atoms with Crippen molar-refractivity contribution in [2.75, 3.05) is 19.0 Å². The number of para-hydroxylation sites is 1. The van der Waals surface area contributed by atoms with Crippen LogP contribution in [0.3, 0.4) is 0 Å². The Morgan fingerprint density at radius 2 is 1.75 bits per heavy atom. The topological polar surface area (TPSA) is 54.4 Å². The molecule has 0 saturated heterocycles. The van der Waals surface area contributed by atoms with E-state index in [-0.39, 0.29) is 12.6 Å². The zero-order chi connectivity index (χ0) is 19.5. The SMILES string of the molecule is COc1cccc2c(N[C@@H](CCO)c3cccc4ccccc34)cc(C)nc12. The van der Waals surface area contributed by atoms with Gasteiger partial charge in [-0.15, -0.1) is 0 Å². The summed E-state index contributed by atoms with van der Waals surface area (Å²) in [6.45, 7) is 2.09. The van der Waals surface area contributed by atoms with Crippen molar-refractivity contribution < 1.29 is 9.84 Å². The predicted molar refractivity (Wildman–Crippen MR) is 115 cm³/mol. The Labute approximate surface area is 164 Å². The molecule has 0 saturated carbocycles. The van der Waals surface area contributed by atoms with Crippen LogP contribution in [0.5, 0.6) is 5.75 Å². The maximum absolute atomic E-state index is 9.73. The molecule has 28 heavy (non-hydrogen) atoms. The van der Waals surface area contributed by atoms with E-state index >= 15 is 0 Å². The number of benzene rings is 3. The van der Waals surface area contributed by atoms with Crippen molar-refractivity contribution in [2.45, 2.75) is 19.4 Å². The number of hydrogen-bond donors (Lipinski definition) is 2. The summed E-state index contributed by atoms with van der Waals surface area (Å²) in [7, 11) is 1.66. The number of nitrogens with zero attached hydrogens (tertiary/aromatic N) is 1. The van der Waals surface area contributed by atoms with E-state index in [2.05, 4.69) is 52.8 Å². The fourth-order valence-electron chi connectivity index (χ4n) is 3.81. The molecule has 0 bridgehead atoms. The molecule has 4 heteroatoms. The molecule has 0 amide bonds. The number of aromatic nitrogens is 1. The molecule has 142 valence electrons. The van der Waals surface area contributed by atoms with Gasteiger partial charge in [0, 0.05) is 23.4 Å². The zero-order valence-electron chi connectivity index (χ0n) is 16.1. The highest BCUT2D eigenvalue weighted by Crippen LogP contribution is 2.34. The van der Waals surface area contributed by atoms with Gasteiger partial charge in [0.15, 0.2) is 0 Å². The van der Waals surface area contributed by atoms with Crippen molar-refractivity contribution in [3.8, 4) is 5.75 Å². The van der Waals surface area contributed by atoms with Crippen LogP contribution < -0.4 is 10.1 Å². The molecule has 0 aliphatic carbocycles. The third kappa shape index (κ3) is 3.39. The lowest BCUT2D eigenvalue weighted by Crippen LogP contribution is -2.13. The van der Waals surface area contributed by atoms with Crippen LogP contribution in [0.15, 0.2) is 66.7 Å². The third-order valence-electron chi connectivity index (χ3n) is 5.10. The fourth-order valence-corrected chi connectivity index (χ4v) is 3.81. The van der Waals surface area contributed by atoms with Crippen LogP contribution in [0.1, 0.15) is 23.7 Å². The molecule has 2 N–H and O–H groups in total. The Bertz CT molecular complexity index is 1120. The lowest BCUT2D eigenvalue weighted by atomic mass is 9.96. The van der Waals surface area contributed by atoms with E-state index in [1.54, 1.807) is 7.11 Å². The van der Waals surface area contributed by atoms with Gasteiger partial charge in [-0.05, 0) is 41.8 Å². The van der Waals surface area contributed by atoms with Gasteiger partial charge in [-0.3, -0.25) is 0 Å². The van der Waals surface area contributed by atoms with Gasteiger partial charge >= 0.3 is 0 Å². The first-order valence-corrected chi connectivity index (χ1v) is 9.50. The van der Waals surface area contributed by atoms with E-state index in [9.17, 15) is 5.11 Å². The summed E-state index contributed by atoms with van der Waals surface area (Å²) in [5.74, 6) is 0.758. The first-order valence-electron chi connectivity index (χ1n) is 9.50. The summed E-state index contributed by atoms with van der Waals surface area (Å²) >= 11 is 0. The van der Waals surface area contributed by atoms with Crippen molar-refractivity contribution in [1.82, 2.24) is 4.98 Å². The molecule has 1 heterocycles. The molecule has 0 spiro atoms. The van der Waals surface area contributed by atoms with Crippen molar-refractivity contribution in [2.24, 2.45) is 0 Å². The Balaban J connectivity index is 1.83. The number of nitrogens with one attached hydrogen (secondary N) is 1.